The van der Waals surface area contributed by atoms with Gasteiger partial charge in [0.05, 0.1) is 32.1 Å². The number of halogens is 2. The quantitative estimate of drug-likeness (QED) is 0.616. The molecule has 1 aromatic heterocycles. The van der Waals surface area contributed by atoms with Gasteiger partial charge in [-0.25, -0.2) is 13.5 Å². The van der Waals surface area contributed by atoms with Crippen molar-refractivity contribution in [2.45, 2.75) is 32.3 Å². The lowest BCUT2D eigenvalue weighted by atomic mass is 10.2. The highest BCUT2D eigenvalue weighted by atomic mass is 32.1. The van der Waals surface area contributed by atoms with Crippen LogP contribution in [0.2, 0.25) is 0 Å². The van der Waals surface area contributed by atoms with E-state index in [1.54, 1.807) is 29.8 Å². The molecule has 2 fully saturated rings. The van der Waals surface area contributed by atoms with Crippen molar-refractivity contribution in [3.05, 3.63) is 35.7 Å². The number of amides is 1. The maximum atomic E-state index is 15.0. The molecule has 1 atom stereocenters. The number of hydrogen-bond donors (Lipinski definition) is 1. The Labute approximate surface area is 200 Å². The summed E-state index contributed by atoms with van der Waals surface area (Å²) in [6.07, 6.45) is 0.877. The van der Waals surface area contributed by atoms with Crippen LogP contribution in [0.15, 0.2) is 18.3 Å². The number of nitrogens with one attached hydrogen (secondary N) is 1. The molecule has 1 aromatic carbocycles. The lowest BCUT2D eigenvalue weighted by Crippen LogP contribution is -2.52. The Morgan fingerprint density at radius 2 is 1.94 bits per heavy atom. The molecule has 0 radical (unpaired) electrons. The van der Waals surface area contributed by atoms with Gasteiger partial charge in [0.2, 0.25) is 0 Å². The van der Waals surface area contributed by atoms with Gasteiger partial charge in [0.15, 0.2) is 23.5 Å². The Morgan fingerprint density at radius 1 is 1.26 bits per heavy atom. The van der Waals surface area contributed by atoms with E-state index in [1.165, 1.54) is 23.9 Å². The molecular weight excluding hydrogens is 470 g/mol. The van der Waals surface area contributed by atoms with Crippen LogP contribution in [0.25, 0.3) is 5.69 Å². The molecule has 2 aromatic rings. The molecule has 3 heterocycles. The summed E-state index contributed by atoms with van der Waals surface area (Å²) in [5.41, 5.74) is 0.580. The maximum Gasteiger partial charge on any atom is 0.256 e. The van der Waals surface area contributed by atoms with Gasteiger partial charge in [0, 0.05) is 38.3 Å². The minimum absolute atomic E-state index is 0.134. The zero-order chi connectivity index (χ0) is 24.5. The monoisotopic (exact) mass is 496 g/mol. The molecule has 0 aliphatic carbocycles. The average molecular weight is 497 g/mol. The molecule has 0 saturated carbocycles. The number of piperazine rings is 1. The molecule has 0 unspecified atom stereocenters. The molecule has 1 N–H and O–H groups in total. The summed E-state index contributed by atoms with van der Waals surface area (Å²) in [5, 5.41) is 10.9. The SMILES string of the molecule is COC(=S)NCc1cn(-c2cc(F)c(N3CCN(C(=O)[C@@H]4COC(C)(C)O4)CC3)c(F)c2)nn1. The van der Waals surface area contributed by atoms with Crippen molar-refractivity contribution in [2.24, 2.45) is 0 Å². The van der Waals surface area contributed by atoms with Gasteiger partial charge in [-0.15, -0.1) is 5.10 Å². The van der Waals surface area contributed by atoms with E-state index in [4.69, 9.17) is 26.4 Å². The fourth-order valence-electron chi connectivity index (χ4n) is 3.89. The van der Waals surface area contributed by atoms with Crippen LogP contribution in [0, 0.1) is 11.6 Å². The summed E-state index contributed by atoms with van der Waals surface area (Å²) in [4.78, 5) is 15.9. The van der Waals surface area contributed by atoms with Crippen molar-refractivity contribution in [3.8, 4) is 5.69 Å². The Hall–Kier alpha value is -2.90. The number of carbonyl (C=O) groups excluding carboxylic acids is 1. The summed E-state index contributed by atoms with van der Waals surface area (Å²) >= 11 is 4.90. The second kappa shape index (κ2) is 9.76. The van der Waals surface area contributed by atoms with Crippen LogP contribution in [-0.4, -0.2) is 82.8 Å². The van der Waals surface area contributed by atoms with Gasteiger partial charge in [0.25, 0.3) is 11.1 Å². The van der Waals surface area contributed by atoms with E-state index in [2.05, 4.69) is 15.6 Å². The summed E-state index contributed by atoms with van der Waals surface area (Å²) in [5.74, 6) is -2.42. The van der Waals surface area contributed by atoms with Gasteiger partial charge in [-0.2, -0.15) is 0 Å². The van der Waals surface area contributed by atoms with E-state index in [0.29, 0.717) is 18.8 Å². The predicted molar refractivity (Wildman–Crippen MR) is 121 cm³/mol. The van der Waals surface area contributed by atoms with Crippen LogP contribution in [0.1, 0.15) is 19.5 Å². The smallest absolute Gasteiger partial charge is 0.256 e. The van der Waals surface area contributed by atoms with Crippen LogP contribution in [0.5, 0.6) is 0 Å². The van der Waals surface area contributed by atoms with Gasteiger partial charge < -0.3 is 29.3 Å². The number of carbonyl (C=O) groups is 1. The number of rotatable bonds is 5. The lowest BCUT2D eigenvalue weighted by molar-refractivity contribution is -0.160. The maximum absolute atomic E-state index is 15.0. The number of anilines is 1. The number of methoxy groups -OCH3 is 1. The van der Waals surface area contributed by atoms with Gasteiger partial charge in [-0.3, -0.25) is 4.79 Å². The highest BCUT2D eigenvalue weighted by Gasteiger charge is 2.39. The lowest BCUT2D eigenvalue weighted by Gasteiger charge is -2.37. The number of aromatic nitrogens is 3. The molecule has 4 rings (SSSR count). The predicted octanol–water partition coefficient (Wildman–Crippen LogP) is 1.37. The van der Waals surface area contributed by atoms with E-state index in [0.717, 1.165) is 0 Å². The number of hydrogen-bond acceptors (Lipinski definition) is 8. The van der Waals surface area contributed by atoms with Gasteiger partial charge >= 0.3 is 0 Å². The molecule has 2 saturated heterocycles. The van der Waals surface area contributed by atoms with Crippen molar-refractivity contribution in [2.75, 3.05) is 44.8 Å². The van der Waals surface area contributed by atoms with Crippen molar-refractivity contribution >= 4 is 29.0 Å². The summed E-state index contributed by atoms with van der Waals surface area (Å²) < 4.78 is 47.2. The second-order valence-corrected chi connectivity index (χ2v) is 8.76. The third-order valence-corrected chi connectivity index (χ3v) is 5.91. The van der Waals surface area contributed by atoms with Crippen LogP contribution in [-0.2, 0) is 25.5 Å². The Kier molecular flexibility index (Phi) is 6.96. The first-order valence-corrected chi connectivity index (χ1v) is 11.2. The minimum atomic E-state index is -0.797. The van der Waals surface area contributed by atoms with Gasteiger partial charge in [0.1, 0.15) is 11.4 Å². The molecule has 0 bridgehead atoms. The fraction of sp³-hybridized carbons (Fsp3) is 0.524. The molecule has 2 aliphatic heterocycles. The third-order valence-electron chi connectivity index (χ3n) is 5.60. The van der Waals surface area contributed by atoms with Gasteiger partial charge in [-0.1, -0.05) is 5.21 Å². The largest absolute Gasteiger partial charge is 0.474 e. The summed E-state index contributed by atoms with van der Waals surface area (Å²) in [6.45, 7) is 5.17. The first kappa shape index (κ1) is 24.2. The van der Waals surface area contributed by atoms with Gasteiger partial charge in [-0.05, 0) is 26.1 Å². The Morgan fingerprint density at radius 3 is 2.53 bits per heavy atom. The molecule has 184 valence electrons. The fourth-order valence-corrected chi connectivity index (χ4v) is 3.96. The molecule has 1 amide bonds. The molecule has 0 spiro atoms. The number of nitrogens with zero attached hydrogens (tertiary/aromatic N) is 5. The van der Waals surface area contributed by atoms with Crippen molar-refractivity contribution < 1.29 is 27.8 Å². The number of ether oxygens (including phenoxy) is 3. The van der Waals surface area contributed by atoms with E-state index in [-0.39, 0.29) is 48.7 Å². The topological polar surface area (TPSA) is 94.0 Å². The standard InChI is InChI=1S/C21H26F2N6O4S/c1-21(2)32-12-17(33-21)19(30)28-6-4-27(5-7-28)18-15(22)8-14(9-16(18)23)29-11-13(25-26-29)10-24-20(34)31-3/h8-9,11,17H,4-7,10,12H2,1-3H3,(H,24,34)/t17-/m0/s1. The van der Waals surface area contributed by atoms with E-state index >= 15 is 0 Å². The van der Waals surface area contributed by atoms with E-state index in [1.807, 2.05) is 0 Å². The highest BCUT2D eigenvalue weighted by molar-refractivity contribution is 7.80. The molecule has 10 nitrogen and oxygen atoms in total. The molecule has 34 heavy (non-hydrogen) atoms. The van der Waals surface area contributed by atoms with Crippen LogP contribution >= 0.6 is 12.2 Å². The minimum Gasteiger partial charge on any atom is -0.474 e. The normalized spacial score (nSPS) is 19.9. The van der Waals surface area contributed by atoms with E-state index < -0.39 is 23.5 Å². The first-order chi connectivity index (χ1) is 16.2. The summed E-state index contributed by atoms with van der Waals surface area (Å²) in [7, 11) is 1.44. The first-order valence-electron chi connectivity index (χ1n) is 10.7. The Bertz CT molecular complexity index is 1050. The van der Waals surface area contributed by atoms with Crippen LogP contribution in [0.4, 0.5) is 14.5 Å². The molecule has 2 aliphatic rings. The van der Waals surface area contributed by atoms with Crippen LogP contribution in [0.3, 0.4) is 0 Å². The number of thiocarbonyl (C=S) groups is 1. The second-order valence-electron chi connectivity index (χ2n) is 8.39. The zero-order valence-corrected chi connectivity index (χ0v) is 19.9. The van der Waals surface area contributed by atoms with E-state index in [9.17, 15) is 13.6 Å². The Balaban J connectivity index is 1.40. The third kappa shape index (κ3) is 5.26. The average Bonchev–Trinajstić information content (AvgIpc) is 3.43. The van der Waals surface area contributed by atoms with Crippen molar-refractivity contribution in [1.29, 1.82) is 0 Å². The molecule has 13 heteroatoms. The summed E-state index contributed by atoms with van der Waals surface area (Å²) in [6, 6.07) is 2.40. The van der Waals surface area contributed by atoms with Crippen molar-refractivity contribution in [1.82, 2.24) is 25.2 Å². The van der Waals surface area contributed by atoms with Crippen molar-refractivity contribution in [3.63, 3.8) is 0 Å². The highest BCUT2D eigenvalue weighted by Crippen LogP contribution is 2.28. The number of benzene rings is 1. The van der Waals surface area contributed by atoms with Crippen LogP contribution < -0.4 is 10.2 Å². The zero-order valence-electron chi connectivity index (χ0n) is 19.1. The molecular formula is C21H26F2N6O4S.